The van der Waals surface area contributed by atoms with E-state index in [0.717, 1.165) is 12.1 Å². The summed E-state index contributed by atoms with van der Waals surface area (Å²) < 4.78 is 62.3. The van der Waals surface area contributed by atoms with Crippen LogP contribution in [0.15, 0.2) is 47.4 Å². The number of benzene rings is 2. The van der Waals surface area contributed by atoms with Gasteiger partial charge in [-0.1, -0.05) is 18.2 Å². The van der Waals surface area contributed by atoms with Crippen molar-refractivity contribution in [3.05, 3.63) is 53.8 Å². The van der Waals surface area contributed by atoms with Crippen LogP contribution in [0, 0.1) is 5.82 Å². The molecule has 0 radical (unpaired) electrons. The van der Waals surface area contributed by atoms with E-state index in [0.29, 0.717) is 11.6 Å². The van der Waals surface area contributed by atoms with Gasteiger partial charge >= 0.3 is 6.18 Å². The number of alkyl halides is 3. The zero-order valence-corrected chi connectivity index (χ0v) is 11.3. The Hall–Kier alpha value is -1.40. The first kappa shape index (κ1) is 15.0. The molecule has 0 saturated carbocycles. The van der Waals surface area contributed by atoms with Crippen LogP contribution >= 0.6 is 10.7 Å². The first-order chi connectivity index (χ1) is 9.29. The summed E-state index contributed by atoms with van der Waals surface area (Å²) in [6, 6.07) is 8.11. The minimum Gasteiger partial charge on any atom is -0.237 e. The van der Waals surface area contributed by atoms with Gasteiger partial charge in [-0.05, 0) is 40.5 Å². The lowest BCUT2D eigenvalue weighted by Crippen LogP contribution is -2.05. The molecule has 0 aliphatic heterocycles. The van der Waals surface area contributed by atoms with Gasteiger partial charge < -0.3 is 0 Å². The molecule has 1 unspecified atom stereocenters. The summed E-state index contributed by atoms with van der Waals surface area (Å²) in [5, 5.41) is 0. The second kappa shape index (κ2) is 5.54. The van der Waals surface area contributed by atoms with Crippen molar-refractivity contribution in [3.8, 4) is 11.1 Å². The van der Waals surface area contributed by atoms with Gasteiger partial charge in [0.25, 0.3) is 0 Å². The maximum atomic E-state index is 13.8. The SMILES string of the molecule is O=S(Cl)c1cccc(-c2ccc(C(F)(F)F)cc2F)c1. The third-order valence-electron chi connectivity index (χ3n) is 2.63. The average Bonchev–Trinajstić information content (AvgIpc) is 2.37. The molecule has 0 amide bonds. The number of hydrogen-bond acceptors (Lipinski definition) is 1. The van der Waals surface area contributed by atoms with E-state index in [2.05, 4.69) is 0 Å². The normalized spacial score (nSPS) is 13.2. The quantitative estimate of drug-likeness (QED) is 0.575. The van der Waals surface area contributed by atoms with E-state index in [4.69, 9.17) is 10.7 Å². The van der Waals surface area contributed by atoms with Crippen molar-refractivity contribution in [2.45, 2.75) is 11.1 Å². The molecule has 0 bridgehead atoms. The molecule has 7 heteroatoms. The highest BCUT2D eigenvalue weighted by atomic mass is 35.7. The Morgan fingerprint density at radius 1 is 1.05 bits per heavy atom. The molecule has 0 spiro atoms. The zero-order chi connectivity index (χ0) is 14.9. The molecule has 0 aliphatic carbocycles. The van der Waals surface area contributed by atoms with Crippen molar-refractivity contribution < 1.29 is 21.8 Å². The largest absolute Gasteiger partial charge is 0.416 e. The second-order valence-electron chi connectivity index (χ2n) is 3.94. The monoisotopic (exact) mass is 322 g/mol. The third-order valence-corrected chi connectivity index (χ3v) is 3.79. The van der Waals surface area contributed by atoms with Crippen molar-refractivity contribution >= 4 is 20.7 Å². The third kappa shape index (κ3) is 3.19. The molecular weight excluding hydrogens is 316 g/mol. The molecule has 0 N–H and O–H groups in total. The summed E-state index contributed by atoms with van der Waals surface area (Å²) in [6.07, 6.45) is -4.60. The highest BCUT2D eigenvalue weighted by Gasteiger charge is 2.31. The summed E-state index contributed by atoms with van der Waals surface area (Å²) in [5.74, 6) is -1.00. The van der Waals surface area contributed by atoms with Gasteiger partial charge in [-0.2, -0.15) is 13.2 Å². The van der Waals surface area contributed by atoms with Gasteiger partial charge in [0.15, 0.2) is 0 Å². The molecule has 2 aromatic rings. The fraction of sp³-hybridized carbons (Fsp3) is 0.0769. The van der Waals surface area contributed by atoms with Crippen molar-refractivity contribution in [2.24, 2.45) is 0 Å². The summed E-state index contributed by atoms with van der Waals surface area (Å²) in [7, 11) is 3.65. The van der Waals surface area contributed by atoms with E-state index in [1.807, 2.05) is 0 Å². The van der Waals surface area contributed by atoms with E-state index in [1.54, 1.807) is 0 Å². The van der Waals surface area contributed by atoms with Crippen LogP contribution in [0.1, 0.15) is 5.56 Å². The van der Waals surface area contributed by atoms with Gasteiger partial charge in [-0.3, -0.25) is 0 Å². The van der Waals surface area contributed by atoms with Crippen LogP contribution in [0.25, 0.3) is 11.1 Å². The van der Waals surface area contributed by atoms with Crippen LogP contribution in [-0.2, 0) is 16.2 Å². The van der Waals surface area contributed by atoms with Crippen LogP contribution in [-0.4, -0.2) is 4.21 Å². The summed E-state index contributed by atoms with van der Waals surface area (Å²) >= 11 is 0. The van der Waals surface area contributed by atoms with E-state index in [-0.39, 0.29) is 10.5 Å². The average molecular weight is 323 g/mol. The highest BCUT2D eigenvalue weighted by molar-refractivity contribution is 8.08. The minimum atomic E-state index is -4.60. The van der Waals surface area contributed by atoms with Gasteiger partial charge in [-0.15, -0.1) is 0 Å². The Balaban J connectivity index is 2.49. The van der Waals surface area contributed by atoms with Crippen LogP contribution < -0.4 is 0 Å². The molecule has 0 aliphatic rings. The van der Waals surface area contributed by atoms with Gasteiger partial charge in [-0.25, -0.2) is 8.60 Å². The lowest BCUT2D eigenvalue weighted by atomic mass is 10.0. The topological polar surface area (TPSA) is 17.1 Å². The van der Waals surface area contributed by atoms with Crippen molar-refractivity contribution in [1.29, 1.82) is 0 Å². The lowest BCUT2D eigenvalue weighted by Gasteiger charge is -2.09. The Labute approximate surface area is 119 Å². The maximum absolute atomic E-state index is 13.8. The number of halogens is 5. The van der Waals surface area contributed by atoms with Crippen LogP contribution in [0.3, 0.4) is 0 Å². The smallest absolute Gasteiger partial charge is 0.237 e. The van der Waals surface area contributed by atoms with E-state index in [1.165, 1.54) is 24.3 Å². The summed E-state index contributed by atoms with van der Waals surface area (Å²) in [5.41, 5.74) is -0.763. The Morgan fingerprint density at radius 3 is 2.30 bits per heavy atom. The van der Waals surface area contributed by atoms with Gasteiger partial charge in [0.2, 0.25) is 0 Å². The predicted molar refractivity (Wildman–Crippen MR) is 69.1 cm³/mol. The minimum absolute atomic E-state index is 0.0121. The molecule has 2 rings (SSSR count). The Bertz CT molecular complexity index is 670. The van der Waals surface area contributed by atoms with Crippen molar-refractivity contribution in [3.63, 3.8) is 0 Å². The van der Waals surface area contributed by atoms with Crippen molar-refractivity contribution in [1.82, 2.24) is 0 Å². The first-order valence-corrected chi connectivity index (χ1v) is 7.32. The lowest BCUT2D eigenvalue weighted by molar-refractivity contribution is -0.137. The molecular formula is C13H7ClF4OS. The standard InChI is InChI=1S/C13H7ClF4OS/c14-20(19)10-3-1-2-8(6-10)11-5-4-9(7-12(11)15)13(16,17)18/h1-7H. The molecule has 20 heavy (non-hydrogen) atoms. The fourth-order valence-corrected chi connectivity index (χ4v) is 2.38. The fourth-order valence-electron chi connectivity index (χ4n) is 1.69. The molecule has 0 saturated heterocycles. The molecule has 2 aromatic carbocycles. The molecule has 0 heterocycles. The van der Waals surface area contributed by atoms with Gasteiger partial charge in [0, 0.05) is 5.56 Å². The van der Waals surface area contributed by atoms with Gasteiger partial charge in [0.05, 0.1) is 10.5 Å². The summed E-state index contributed by atoms with van der Waals surface area (Å²) in [4.78, 5) is 0.253. The first-order valence-electron chi connectivity index (χ1n) is 5.34. The Kier molecular flexibility index (Phi) is 4.15. The maximum Gasteiger partial charge on any atom is 0.416 e. The van der Waals surface area contributed by atoms with Gasteiger partial charge in [0.1, 0.15) is 15.8 Å². The summed E-state index contributed by atoms with van der Waals surface area (Å²) in [6.45, 7) is 0. The highest BCUT2D eigenvalue weighted by Crippen LogP contribution is 2.33. The molecule has 1 nitrogen and oxygen atoms in total. The molecule has 0 aromatic heterocycles. The van der Waals surface area contributed by atoms with E-state index >= 15 is 0 Å². The van der Waals surface area contributed by atoms with E-state index in [9.17, 15) is 21.8 Å². The zero-order valence-electron chi connectivity index (χ0n) is 9.75. The van der Waals surface area contributed by atoms with Crippen LogP contribution in [0.5, 0.6) is 0 Å². The second-order valence-corrected chi connectivity index (χ2v) is 5.70. The molecule has 106 valence electrons. The predicted octanol–water partition coefficient (Wildman–Crippen LogP) is 4.77. The number of rotatable bonds is 2. The number of hydrogen-bond donors (Lipinski definition) is 0. The van der Waals surface area contributed by atoms with Crippen LogP contribution in [0.2, 0.25) is 0 Å². The molecule has 1 atom stereocenters. The van der Waals surface area contributed by atoms with Crippen LogP contribution in [0.4, 0.5) is 17.6 Å². The van der Waals surface area contributed by atoms with Crippen molar-refractivity contribution in [2.75, 3.05) is 0 Å². The Morgan fingerprint density at radius 2 is 1.75 bits per heavy atom. The molecule has 0 fully saturated rings. The van der Waals surface area contributed by atoms with E-state index < -0.39 is 27.6 Å².